The topological polar surface area (TPSA) is 17.1 Å². The normalized spacial score (nSPS) is 2.00. The van der Waals surface area contributed by atoms with E-state index >= 15 is 0 Å². The van der Waals surface area contributed by atoms with Gasteiger partial charge in [-0.15, -0.1) is 0 Å². The Kier molecular flexibility index (Phi) is 19.9. The van der Waals surface area contributed by atoms with Crippen LogP contribution in [0, 0.1) is 0 Å². The first-order chi connectivity index (χ1) is 1.41. The van der Waals surface area contributed by atoms with Gasteiger partial charge >= 0.3 is 53.0 Å². The summed E-state index contributed by atoms with van der Waals surface area (Å²) in [5.41, 5.74) is 0. The first-order valence-corrected chi connectivity index (χ1v) is 5.17. The van der Waals surface area contributed by atoms with E-state index < -0.39 is 16.9 Å². The predicted octanol–water partition coefficient (Wildman–Crippen LogP) is -2.22. The Morgan fingerprint density at radius 3 is 1.75 bits per heavy atom. The minimum absolute atomic E-state index is 0. The van der Waals surface area contributed by atoms with Crippen LogP contribution in [0.15, 0.2) is 0 Å². The Morgan fingerprint density at radius 1 is 1.75 bits per heavy atom. The van der Waals surface area contributed by atoms with E-state index in [1.165, 1.54) is 0 Å². The molecule has 0 aliphatic carbocycles. The summed E-state index contributed by atoms with van der Waals surface area (Å²) in [4.78, 5) is 0. The van der Waals surface area contributed by atoms with Crippen molar-refractivity contribution in [3.05, 3.63) is 0 Å². The van der Waals surface area contributed by atoms with Crippen molar-refractivity contribution in [2.75, 3.05) is 0 Å². The molecule has 0 bridgehead atoms. The zero-order valence-corrected chi connectivity index (χ0v) is 11.3. The van der Waals surface area contributed by atoms with E-state index in [0.29, 0.717) is 0 Å². The molecule has 21 valence electrons. The molecule has 0 N–H and O–H groups in total. The van der Waals surface area contributed by atoms with Crippen LogP contribution in [0.1, 0.15) is 0 Å². The molecule has 0 rings (SSSR count). The van der Waals surface area contributed by atoms with E-state index in [-0.39, 0.29) is 26.2 Å². The summed E-state index contributed by atoms with van der Waals surface area (Å²) >= 11 is -1.12. The van der Waals surface area contributed by atoms with Crippen molar-refractivity contribution >= 4 is 32.5 Å². The average molecular weight is 306 g/mol. The molecule has 0 unspecified atom stereocenters. The fourth-order valence-corrected chi connectivity index (χ4v) is 0. The van der Waals surface area contributed by atoms with Crippen molar-refractivity contribution in [3.8, 4) is 0 Å². The van der Waals surface area contributed by atoms with Crippen molar-refractivity contribution in [2.24, 2.45) is 0 Å². The van der Waals surface area contributed by atoms with Crippen LogP contribution in [0.2, 0.25) is 0 Å². The molecule has 0 spiro atoms. The molecule has 0 fully saturated rings. The van der Waals surface area contributed by atoms with Gasteiger partial charge in [-0.3, -0.25) is 0 Å². The van der Waals surface area contributed by atoms with Crippen LogP contribution in [0.25, 0.3) is 0 Å². The zero-order chi connectivity index (χ0) is 2.71. The Balaban J connectivity index is 0. The molecule has 0 saturated heterocycles. The van der Waals surface area contributed by atoms with Crippen molar-refractivity contribution < 1.29 is 20.5 Å². The molecule has 0 aromatic rings. The average Bonchev–Trinajstić information content (AvgIpc) is 0.918. The Bertz CT molecular complexity index is 15.5. The predicted molar refractivity (Wildman–Crippen MR) is 19.2 cm³/mol. The molecule has 1 nitrogen and oxygen atoms in total. The van der Waals surface area contributed by atoms with Gasteiger partial charge in [0.05, 0.1) is 0 Å². The Labute approximate surface area is 52.7 Å². The summed E-state index contributed by atoms with van der Waals surface area (Å²) in [5, 5.41) is 0. The molecule has 0 atom stereocenters. The molecule has 0 amide bonds. The molecule has 4 heavy (non-hydrogen) atoms. The van der Waals surface area contributed by atoms with E-state index in [4.69, 9.17) is 3.57 Å². The van der Waals surface area contributed by atoms with E-state index in [9.17, 15) is 0 Å². The first-order valence-electron chi connectivity index (χ1n) is 0.996. The maximum absolute atomic E-state index is 9.12. The molecule has 0 aromatic carbocycles. The van der Waals surface area contributed by atoms with Crippen molar-refractivity contribution in [2.45, 2.75) is 0 Å². The Morgan fingerprint density at radius 2 is 1.75 bits per heavy atom. The molecular weight excluding hydrogens is 301 g/mol. The van der Waals surface area contributed by atoms with Gasteiger partial charge in [0.1, 0.15) is 0 Å². The van der Waals surface area contributed by atoms with Gasteiger partial charge in [-0.05, 0) is 0 Å². The van der Waals surface area contributed by atoms with Crippen LogP contribution >= 0.6 is 0 Å². The molecule has 4 heteroatoms. The monoisotopic (exact) mass is 305 g/mol. The second-order valence-electron chi connectivity index (χ2n) is 0.289. The van der Waals surface area contributed by atoms with Gasteiger partial charge in [-0.2, -0.15) is 0 Å². The third kappa shape index (κ3) is 10.1. The summed E-state index contributed by atoms with van der Waals surface area (Å²) in [7, 11) is 0. The minimum atomic E-state index is -1.12. The van der Waals surface area contributed by atoms with Crippen LogP contribution in [-0.4, -0.2) is 32.5 Å². The quantitative estimate of drug-likeness (QED) is 0.464. The van der Waals surface area contributed by atoms with Gasteiger partial charge in [0.25, 0.3) is 0 Å². The van der Waals surface area contributed by atoms with Crippen LogP contribution in [0.3, 0.4) is 0 Å². The van der Waals surface area contributed by atoms with Gasteiger partial charge in [-0.1, -0.05) is 0 Å². The molecule has 0 aliphatic rings. The fraction of sp³-hybridized carbons (Fsp3) is 0. The molecule has 0 radical (unpaired) electrons. The van der Waals surface area contributed by atoms with Crippen molar-refractivity contribution in [1.82, 2.24) is 0 Å². The molecule has 0 saturated carbocycles. The number of rotatable bonds is 0. The SMILES string of the molecule is [BH2][Zn]=[O].[BiH3]. The van der Waals surface area contributed by atoms with Crippen LogP contribution in [-0.2, 0) is 20.5 Å². The van der Waals surface area contributed by atoms with Crippen LogP contribution < -0.4 is 0 Å². The summed E-state index contributed by atoms with van der Waals surface area (Å²) in [6, 6.07) is 0. The van der Waals surface area contributed by atoms with Gasteiger partial charge in [0, 0.05) is 0 Å². The van der Waals surface area contributed by atoms with Gasteiger partial charge in [0.15, 0.2) is 0 Å². The summed E-state index contributed by atoms with van der Waals surface area (Å²) in [5.74, 6) is 0. The van der Waals surface area contributed by atoms with E-state index in [1.807, 2.05) is 0 Å². The third-order valence-electron chi connectivity index (χ3n) is 0. The second-order valence-corrected chi connectivity index (χ2v) is 1.50. The third-order valence-corrected chi connectivity index (χ3v) is 0. The fourth-order valence-electron chi connectivity index (χ4n) is 0. The van der Waals surface area contributed by atoms with Crippen molar-refractivity contribution in [3.63, 3.8) is 0 Å². The number of hydrogen-bond acceptors (Lipinski definition) is 1. The molecule has 0 aromatic heterocycles. The van der Waals surface area contributed by atoms with Gasteiger partial charge in [-0.25, -0.2) is 0 Å². The standard InChI is InChI=1S/BH2.Bi.O.Zn.3H/h1H2;;;;;;/q+1;;;-1;;;. The van der Waals surface area contributed by atoms with E-state index in [0.717, 1.165) is 0 Å². The molecular formula is H5BBiOZn. The van der Waals surface area contributed by atoms with Crippen LogP contribution in [0.5, 0.6) is 0 Å². The van der Waals surface area contributed by atoms with Crippen molar-refractivity contribution in [1.29, 1.82) is 0 Å². The summed E-state index contributed by atoms with van der Waals surface area (Å²) in [6.45, 7) is 0. The van der Waals surface area contributed by atoms with E-state index in [2.05, 4.69) is 0 Å². The summed E-state index contributed by atoms with van der Waals surface area (Å²) in [6.07, 6.45) is 1.76. The van der Waals surface area contributed by atoms with Crippen LogP contribution in [0.4, 0.5) is 0 Å². The molecule has 0 aliphatic heterocycles. The van der Waals surface area contributed by atoms with E-state index in [1.54, 1.807) is 6.33 Å². The van der Waals surface area contributed by atoms with Gasteiger partial charge < -0.3 is 0 Å². The zero-order valence-electron chi connectivity index (χ0n) is 2.82. The summed E-state index contributed by atoms with van der Waals surface area (Å²) < 4.78 is 9.12. The Hall–Kier alpha value is 1.37. The van der Waals surface area contributed by atoms with Gasteiger partial charge in [0.2, 0.25) is 0 Å². The second kappa shape index (κ2) is 8.84. The molecule has 0 heterocycles. The maximum atomic E-state index is 9.12. The first kappa shape index (κ1) is 9.03. The number of hydrogen-bond donors (Lipinski definition) is 0.